The van der Waals surface area contributed by atoms with Crippen molar-refractivity contribution in [2.24, 2.45) is 0 Å². The Kier molecular flexibility index (Phi) is 4.08. The van der Waals surface area contributed by atoms with Crippen molar-refractivity contribution in [3.63, 3.8) is 0 Å². The molecule has 0 aliphatic rings. The Morgan fingerprint density at radius 3 is 2.70 bits per heavy atom. The number of amides is 1. The van der Waals surface area contributed by atoms with Gasteiger partial charge in [-0.2, -0.15) is 0 Å². The highest BCUT2D eigenvalue weighted by Gasteiger charge is 2.12. The summed E-state index contributed by atoms with van der Waals surface area (Å²) in [4.78, 5) is 23.9. The van der Waals surface area contributed by atoms with Gasteiger partial charge in [0.2, 0.25) is 5.91 Å². The Morgan fingerprint density at radius 2 is 1.96 bits per heavy atom. The van der Waals surface area contributed by atoms with Crippen molar-refractivity contribution < 1.29 is 9.21 Å². The average molecular weight is 332 g/mol. The molecule has 0 spiro atoms. The molecule has 2 aromatic carbocycles. The van der Waals surface area contributed by atoms with Gasteiger partial charge in [0.25, 0.3) is 0 Å². The normalized spacial score (nSPS) is 10.8. The van der Waals surface area contributed by atoms with E-state index < -0.39 is 5.76 Å². The van der Waals surface area contributed by atoms with Crippen LogP contribution in [-0.4, -0.2) is 10.5 Å². The largest absolute Gasteiger partial charge is 0.420 e. The smallest absolute Gasteiger partial charge is 0.408 e. The van der Waals surface area contributed by atoms with E-state index in [0.29, 0.717) is 28.4 Å². The number of fused-ring (bicyclic) bond motifs is 1. The maximum atomic E-state index is 12.1. The number of anilines is 1. The lowest BCUT2D eigenvalue weighted by atomic mass is 10.2. The zero-order valence-electron chi connectivity index (χ0n) is 12.1. The van der Waals surface area contributed by atoms with Crippen molar-refractivity contribution >= 4 is 34.3 Å². The van der Waals surface area contributed by atoms with Gasteiger partial charge < -0.3 is 15.5 Å². The van der Waals surface area contributed by atoms with Crippen molar-refractivity contribution in [2.75, 3.05) is 5.73 Å². The highest BCUT2D eigenvalue weighted by molar-refractivity contribution is 6.31. The summed E-state index contributed by atoms with van der Waals surface area (Å²) in [7, 11) is 0. The summed E-state index contributed by atoms with van der Waals surface area (Å²) < 4.78 is 6.35. The van der Waals surface area contributed by atoms with Crippen LogP contribution in [0.25, 0.3) is 11.1 Å². The van der Waals surface area contributed by atoms with Crippen molar-refractivity contribution in [3.8, 4) is 0 Å². The molecule has 118 valence electrons. The first kappa shape index (κ1) is 15.2. The van der Waals surface area contributed by atoms with Gasteiger partial charge in [-0.25, -0.2) is 4.79 Å². The lowest BCUT2D eigenvalue weighted by molar-refractivity contribution is -0.121. The molecular formula is C16H14ClN3O3. The third kappa shape index (κ3) is 3.37. The van der Waals surface area contributed by atoms with E-state index in [1.54, 1.807) is 30.3 Å². The molecule has 3 aromatic rings. The number of benzene rings is 2. The van der Waals surface area contributed by atoms with Gasteiger partial charge in [-0.15, -0.1) is 0 Å². The first-order chi connectivity index (χ1) is 11.0. The standard InChI is InChI=1S/C16H14ClN3O3/c17-11-3-6-13-14(7-11)23-16(22)20(13)9-15(21)19-8-10-1-4-12(18)5-2-10/h1-7H,8-9,18H2,(H,19,21). The number of carbonyl (C=O) groups is 1. The zero-order valence-corrected chi connectivity index (χ0v) is 12.8. The highest BCUT2D eigenvalue weighted by atomic mass is 35.5. The Bertz CT molecular complexity index is 912. The molecule has 0 saturated heterocycles. The Labute approximate surface area is 136 Å². The second-order valence-electron chi connectivity index (χ2n) is 5.08. The van der Waals surface area contributed by atoms with Crippen LogP contribution in [0.4, 0.5) is 5.69 Å². The number of halogens is 1. The lowest BCUT2D eigenvalue weighted by Crippen LogP contribution is -2.30. The zero-order chi connectivity index (χ0) is 16.4. The average Bonchev–Trinajstić information content (AvgIpc) is 2.82. The molecule has 6 nitrogen and oxygen atoms in total. The highest BCUT2D eigenvalue weighted by Crippen LogP contribution is 2.18. The van der Waals surface area contributed by atoms with E-state index >= 15 is 0 Å². The van der Waals surface area contributed by atoms with E-state index in [0.717, 1.165) is 5.56 Å². The van der Waals surface area contributed by atoms with Crippen LogP contribution in [0, 0.1) is 0 Å². The van der Waals surface area contributed by atoms with E-state index in [1.807, 2.05) is 12.1 Å². The van der Waals surface area contributed by atoms with E-state index in [2.05, 4.69) is 5.32 Å². The Morgan fingerprint density at radius 1 is 1.22 bits per heavy atom. The number of nitrogens with one attached hydrogen (secondary N) is 1. The first-order valence-electron chi connectivity index (χ1n) is 6.93. The summed E-state index contributed by atoms with van der Waals surface area (Å²) in [6.07, 6.45) is 0. The number of nitrogens with zero attached hydrogens (tertiary/aromatic N) is 1. The van der Waals surface area contributed by atoms with Crippen molar-refractivity contribution in [1.82, 2.24) is 9.88 Å². The van der Waals surface area contributed by atoms with Gasteiger partial charge in [-0.1, -0.05) is 23.7 Å². The first-order valence-corrected chi connectivity index (χ1v) is 7.31. The van der Waals surface area contributed by atoms with Crippen LogP contribution in [-0.2, 0) is 17.9 Å². The molecule has 23 heavy (non-hydrogen) atoms. The molecule has 0 atom stereocenters. The van der Waals surface area contributed by atoms with Gasteiger partial charge in [-0.05, 0) is 29.8 Å². The minimum Gasteiger partial charge on any atom is -0.408 e. The van der Waals surface area contributed by atoms with Crippen molar-refractivity contribution in [2.45, 2.75) is 13.1 Å². The SMILES string of the molecule is Nc1ccc(CNC(=O)Cn2c(=O)oc3cc(Cl)ccc32)cc1. The molecule has 1 aromatic heterocycles. The molecule has 0 saturated carbocycles. The van der Waals surface area contributed by atoms with E-state index in [9.17, 15) is 9.59 Å². The predicted octanol–water partition coefficient (Wildman–Crippen LogP) is 2.15. The van der Waals surface area contributed by atoms with Gasteiger partial charge >= 0.3 is 5.76 Å². The fourth-order valence-corrected chi connectivity index (χ4v) is 2.39. The molecule has 0 aliphatic carbocycles. The molecule has 0 unspecified atom stereocenters. The number of rotatable bonds is 4. The number of hydrogen-bond donors (Lipinski definition) is 2. The second-order valence-corrected chi connectivity index (χ2v) is 5.52. The Hall–Kier alpha value is -2.73. The molecule has 0 radical (unpaired) electrons. The quantitative estimate of drug-likeness (QED) is 0.717. The molecule has 0 bridgehead atoms. The second kappa shape index (κ2) is 6.18. The topological polar surface area (TPSA) is 90.3 Å². The fourth-order valence-electron chi connectivity index (χ4n) is 2.23. The van der Waals surface area contributed by atoms with Crippen molar-refractivity contribution in [1.29, 1.82) is 0 Å². The van der Waals surface area contributed by atoms with Crippen LogP contribution in [0.2, 0.25) is 5.02 Å². The summed E-state index contributed by atoms with van der Waals surface area (Å²) in [5.74, 6) is -0.883. The number of hydrogen-bond acceptors (Lipinski definition) is 4. The summed E-state index contributed by atoms with van der Waals surface area (Å²) in [5, 5.41) is 3.22. The van der Waals surface area contributed by atoms with E-state index in [4.69, 9.17) is 21.8 Å². The van der Waals surface area contributed by atoms with Crippen LogP contribution < -0.4 is 16.8 Å². The maximum Gasteiger partial charge on any atom is 0.420 e. The maximum absolute atomic E-state index is 12.1. The summed E-state index contributed by atoms with van der Waals surface area (Å²) >= 11 is 5.86. The molecule has 7 heteroatoms. The molecule has 1 amide bonds. The molecule has 3 rings (SSSR count). The monoisotopic (exact) mass is 331 g/mol. The van der Waals surface area contributed by atoms with Crippen molar-refractivity contribution in [3.05, 3.63) is 63.6 Å². The fraction of sp³-hybridized carbons (Fsp3) is 0.125. The molecule has 3 N–H and O–H groups in total. The number of nitrogens with two attached hydrogens (primary N) is 1. The molecule has 1 heterocycles. The lowest BCUT2D eigenvalue weighted by Gasteiger charge is -2.06. The third-order valence-corrected chi connectivity index (χ3v) is 3.64. The number of oxazole rings is 1. The van der Waals surface area contributed by atoms with Crippen LogP contribution in [0.3, 0.4) is 0 Å². The minimum absolute atomic E-state index is 0.123. The van der Waals surface area contributed by atoms with Gasteiger partial charge in [0.15, 0.2) is 5.58 Å². The number of carbonyl (C=O) groups excluding carboxylic acids is 1. The van der Waals surface area contributed by atoms with Gasteiger partial charge in [0.1, 0.15) is 6.54 Å². The molecular weight excluding hydrogens is 318 g/mol. The van der Waals surface area contributed by atoms with Gasteiger partial charge in [0.05, 0.1) is 5.52 Å². The van der Waals surface area contributed by atoms with Gasteiger partial charge in [0, 0.05) is 23.3 Å². The predicted molar refractivity (Wildman–Crippen MR) is 88.2 cm³/mol. The van der Waals surface area contributed by atoms with E-state index in [1.165, 1.54) is 4.57 Å². The summed E-state index contributed by atoms with van der Waals surface area (Å²) in [6, 6.07) is 12.0. The van der Waals surface area contributed by atoms with Crippen LogP contribution in [0.15, 0.2) is 51.7 Å². The van der Waals surface area contributed by atoms with Gasteiger partial charge in [-0.3, -0.25) is 9.36 Å². The minimum atomic E-state index is -0.593. The molecule has 0 fully saturated rings. The van der Waals surface area contributed by atoms with Crippen LogP contribution >= 0.6 is 11.6 Å². The summed E-state index contributed by atoms with van der Waals surface area (Å²) in [5.41, 5.74) is 8.08. The van der Waals surface area contributed by atoms with Crippen LogP contribution in [0.1, 0.15) is 5.56 Å². The summed E-state index contributed by atoms with van der Waals surface area (Å²) in [6.45, 7) is 0.234. The third-order valence-electron chi connectivity index (χ3n) is 3.40. The van der Waals surface area contributed by atoms with E-state index in [-0.39, 0.29) is 12.5 Å². The van der Waals surface area contributed by atoms with Crippen LogP contribution in [0.5, 0.6) is 0 Å². The Balaban J connectivity index is 1.71. The molecule has 0 aliphatic heterocycles. The number of aromatic nitrogens is 1. The number of nitrogen functional groups attached to an aromatic ring is 1.